The number of allylic oxidation sites excluding steroid dienone is 3. The van der Waals surface area contributed by atoms with Crippen molar-refractivity contribution >= 4 is 17.4 Å². The molecule has 0 unspecified atom stereocenters. The molecule has 2 atom stereocenters. The van der Waals surface area contributed by atoms with Crippen molar-refractivity contribution in [2.24, 2.45) is 0 Å². The van der Waals surface area contributed by atoms with Crippen LogP contribution in [0.4, 0.5) is 5.69 Å². The number of dihydropyridines is 1. The van der Waals surface area contributed by atoms with Crippen molar-refractivity contribution in [3.63, 3.8) is 0 Å². The van der Waals surface area contributed by atoms with E-state index in [0.29, 0.717) is 41.2 Å². The van der Waals surface area contributed by atoms with Crippen molar-refractivity contribution in [3.8, 4) is 17.2 Å². The number of aryl methyl sites for hydroxylation is 1. The van der Waals surface area contributed by atoms with E-state index in [-0.39, 0.29) is 17.6 Å². The molecule has 1 amide bonds. The SMILES string of the molecule is COc1ccc([C@H]2C(C(=O)Nc3ccccc3C)=C(C)NC3=C2C(=O)C[C@@H](c2ccc(OC)c(OC)c2)C3)cc1. The second-order valence-corrected chi connectivity index (χ2v) is 10.2. The fourth-order valence-corrected chi connectivity index (χ4v) is 5.71. The number of carbonyl (C=O) groups excluding carboxylic acids is 2. The third-order valence-corrected chi connectivity index (χ3v) is 7.79. The number of ketones is 1. The summed E-state index contributed by atoms with van der Waals surface area (Å²) in [6, 6.07) is 21.1. The first kappa shape index (κ1) is 27.1. The Morgan fingerprint density at radius 2 is 1.55 bits per heavy atom. The first-order chi connectivity index (χ1) is 19.3. The topological polar surface area (TPSA) is 85.9 Å². The standard InChI is InChI=1S/C33H34N2O5/c1-19-8-6-7-9-25(19)35-33(37)30-20(2)34-26-16-23(22-12-15-28(39-4)29(18-22)40-5)17-27(36)32(26)31(30)21-10-13-24(38-3)14-11-21/h6-15,18,23,31,34H,16-17H2,1-5H3,(H,35,37)/t23-,31-/m0/s1. The van der Waals surface area contributed by atoms with Gasteiger partial charge in [-0.25, -0.2) is 0 Å². The van der Waals surface area contributed by atoms with Crippen molar-refractivity contribution < 1.29 is 23.8 Å². The van der Waals surface area contributed by atoms with Crippen LogP contribution in [0, 0.1) is 6.92 Å². The van der Waals surface area contributed by atoms with E-state index >= 15 is 0 Å². The van der Waals surface area contributed by atoms with Gasteiger partial charge in [0, 0.05) is 40.6 Å². The van der Waals surface area contributed by atoms with Crippen LogP contribution >= 0.6 is 0 Å². The van der Waals surface area contributed by atoms with Gasteiger partial charge in [-0.05, 0) is 73.2 Å². The molecule has 3 aromatic carbocycles. The molecule has 3 aromatic rings. The number of para-hydroxylation sites is 1. The highest BCUT2D eigenvalue weighted by Crippen LogP contribution is 2.46. The average molecular weight is 539 g/mol. The van der Waals surface area contributed by atoms with Crippen molar-refractivity contribution in [1.82, 2.24) is 5.32 Å². The van der Waals surface area contributed by atoms with Crippen molar-refractivity contribution in [1.29, 1.82) is 0 Å². The molecule has 0 fully saturated rings. The normalized spacial score (nSPS) is 18.6. The van der Waals surface area contributed by atoms with Gasteiger partial charge in [-0.3, -0.25) is 9.59 Å². The van der Waals surface area contributed by atoms with Gasteiger partial charge in [0.15, 0.2) is 17.3 Å². The minimum atomic E-state index is -0.509. The summed E-state index contributed by atoms with van der Waals surface area (Å²) in [4.78, 5) is 27.8. The Balaban J connectivity index is 1.55. The molecule has 1 aliphatic carbocycles. The van der Waals surface area contributed by atoms with E-state index in [1.54, 1.807) is 21.3 Å². The maximum absolute atomic E-state index is 14.0. The highest BCUT2D eigenvalue weighted by molar-refractivity contribution is 6.10. The average Bonchev–Trinajstić information content (AvgIpc) is 2.97. The number of nitrogens with one attached hydrogen (secondary N) is 2. The molecule has 1 heterocycles. The third-order valence-electron chi connectivity index (χ3n) is 7.79. The molecule has 40 heavy (non-hydrogen) atoms. The number of methoxy groups -OCH3 is 3. The highest BCUT2D eigenvalue weighted by atomic mass is 16.5. The van der Waals surface area contributed by atoms with E-state index in [0.717, 1.165) is 33.8 Å². The third kappa shape index (κ3) is 5.07. The number of rotatable bonds is 7. The molecule has 0 spiro atoms. The molecular weight excluding hydrogens is 504 g/mol. The number of ether oxygens (including phenoxy) is 3. The number of Topliss-reactive ketones (excluding diaryl/α,β-unsaturated/α-hetero) is 1. The first-order valence-corrected chi connectivity index (χ1v) is 13.3. The Labute approximate surface area is 234 Å². The maximum Gasteiger partial charge on any atom is 0.254 e. The van der Waals surface area contributed by atoms with Gasteiger partial charge in [0.1, 0.15) is 5.75 Å². The summed E-state index contributed by atoms with van der Waals surface area (Å²) in [6.07, 6.45) is 0.960. The van der Waals surface area contributed by atoms with Crippen LogP contribution in [-0.4, -0.2) is 33.0 Å². The van der Waals surface area contributed by atoms with E-state index in [1.807, 2.05) is 80.6 Å². The van der Waals surface area contributed by atoms with Crippen LogP contribution in [0.25, 0.3) is 0 Å². The second-order valence-electron chi connectivity index (χ2n) is 10.2. The Kier molecular flexibility index (Phi) is 7.65. The van der Waals surface area contributed by atoms with Crippen LogP contribution in [0.2, 0.25) is 0 Å². The Hall–Kier alpha value is -4.52. The fraction of sp³-hybridized carbons (Fsp3) is 0.273. The summed E-state index contributed by atoms with van der Waals surface area (Å²) in [5.74, 6) is 1.22. The van der Waals surface area contributed by atoms with Gasteiger partial charge in [0.05, 0.1) is 21.3 Å². The second kappa shape index (κ2) is 11.3. The van der Waals surface area contributed by atoms with Gasteiger partial charge in [0.25, 0.3) is 5.91 Å². The summed E-state index contributed by atoms with van der Waals surface area (Å²) in [7, 11) is 4.82. The smallest absolute Gasteiger partial charge is 0.254 e. The van der Waals surface area contributed by atoms with E-state index in [2.05, 4.69) is 10.6 Å². The lowest BCUT2D eigenvalue weighted by molar-refractivity contribution is -0.116. The zero-order valence-corrected chi connectivity index (χ0v) is 23.5. The molecule has 0 saturated heterocycles. The molecule has 7 heteroatoms. The van der Waals surface area contributed by atoms with Crippen molar-refractivity contribution in [2.45, 2.75) is 38.5 Å². The first-order valence-electron chi connectivity index (χ1n) is 13.3. The molecule has 0 aromatic heterocycles. The van der Waals surface area contributed by atoms with Gasteiger partial charge >= 0.3 is 0 Å². The van der Waals surface area contributed by atoms with Crippen LogP contribution in [0.5, 0.6) is 17.2 Å². The molecular formula is C33H34N2O5. The Bertz CT molecular complexity index is 1520. The Morgan fingerprint density at radius 1 is 0.850 bits per heavy atom. The summed E-state index contributed by atoms with van der Waals surface area (Å²) in [6.45, 7) is 3.86. The number of anilines is 1. The predicted molar refractivity (Wildman–Crippen MR) is 155 cm³/mol. The number of hydrogen-bond donors (Lipinski definition) is 2. The molecule has 7 nitrogen and oxygen atoms in total. The van der Waals surface area contributed by atoms with E-state index in [1.165, 1.54) is 0 Å². The lowest BCUT2D eigenvalue weighted by Gasteiger charge is -2.37. The summed E-state index contributed by atoms with van der Waals surface area (Å²) >= 11 is 0. The number of hydrogen-bond acceptors (Lipinski definition) is 6. The van der Waals surface area contributed by atoms with Crippen LogP contribution in [0.1, 0.15) is 48.3 Å². The van der Waals surface area contributed by atoms with E-state index < -0.39 is 5.92 Å². The van der Waals surface area contributed by atoms with Crippen LogP contribution in [-0.2, 0) is 9.59 Å². The molecule has 0 bridgehead atoms. The zero-order valence-electron chi connectivity index (χ0n) is 23.5. The Morgan fingerprint density at radius 3 is 2.23 bits per heavy atom. The van der Waals surface area contributed by atoms with Gasteiger partial charge in [0.2, 0.25) is 0 Å². The van der Waals surface area contributed by atoms with Crippen molar-refractivity contribution in [2.75, 3.05) is 26.6 Å². The minimum Gasteiger partial charge on any atom is -0.497 e. The fourth-order valence-electron chi connectivity index (χ4n) is 5.71. The molecule has 2 aliphatic rings. The maximum atomic E-state index is 14.0. The molecule has 2 N–H and O–H groups in total. The lowest BCUT2D eigenvalue weighted by atomic mass is 9.71. The molecule has 206 valence electrons. The lowest BCUT2D eigenvalue weighted by Crippen LogP contribution is -2.37. The molecule has 1 aliphatic heterocycles. The van der Waals surface area contributed by atoms with Gasteiger partial charge in [-0.15, -0.1) is 0 Å². The molecule has 0 radical (unpaired) electrons. The molecule has 5 rings (SSSR count). The van der Waals surface area contributed by atoms with Crippen molar-refractivity contribution in [3.05, 3.63) is 106 Å². The van der Waals surface area contributed by atoms with Gasteiger partial charge in [-0.2, -0.15) is 0 Å². The van der Waals surface area contributed by atoms with Crippen LogP contribution in [0.3, 0.4) is 0 Å². The monoisotopic (exact) mass is 538 g/mol. The van der Waals surface area contributed by atoms with Gasteiger partial charge in [-0.1, -0.05) is 36.4 Å². The molecule has 0 saturated carbocycles. The van der Waals surface area contributed by atoms with Gasteiger partial charge < -0.3 is 24.8 Å². The minimum absolute atomic E-state index is 0.0167. The van der Waals surface area contributed by atoms with Crippen LogP contribution < -0.4 is 24.8 Å². The van der Waals surface area contributed by atoms with E-state index in [9.17, 15) is 9.59 Å². The zero-order chi connectivity index (χ0) is 28.4. The van der Waals surface area contributed by atoms with E-state index in [4.69, 9.17) is 14.2 Å². The number of amides is 1. The quantitative estimate of drug-likeness (QED) is 0.383. The summed E-state index contributed by atoms with van der Waals surface area (Å²) in [5.41, 5.74) is 6.32. The number of carbonyl (C=O) groups is 2. The summed E-state index contributed by atoms with van der Waals surface area (Å²) in [5, 5.41) is 6.53. The van der Waals surface area contributed by atoms with Crippen LogP contribution in [0.15, 0.2) is 89.3 Å². The number of benzene rings is 3. The summed E-state index contributed by atoms with van der Waals surface area (Å²) < 4.78 is 16.3. The predicted octanol–water partition coefficient (Wildman–Crippen LogP) is 6.02. The highest BCUT2D eigenvalue weighted by Gasteiger charge is 2.41. The largest absolute Gasteiger partial charge is 0.497 e.